The Morgan fingerprint density at radius 3 is 2.43 bits per heavy atom. The summed E-state index contributed by atoms with van der Waals surface area (Å²) < 4.78 is 11.0. The number of ether oxygens (including phenoxy) is 2. The molecule has 4 amide bonds. The second-order valence-electron chi connectivity index (χ2n) is 9.80. The normalized spacial score (nSPS) is 20.7. The van der Waals surface area contributed by atoms with E-state index >= 15 is 0 Å². The zero-order valence-electron chi connectivity index (χ0n) is 22.7. The zero-order chi connectivity index (χ0) is 30.4. The van der Waals surface area contributed by atoms with Crippen molar-refractivity contribution < 1.29 is 38.6 Å². The zero-order valence-corrected chi connectivity index (χ0v) is 24.2. The van der Waals surface area contributed by atoms with E-state index in [-0.39, 0.29) is 53.8 Å². The molecule has 0 spiro atoms. The van der Waals surface area contributed by atoms with Crippen molar-refractivity contribution in [3.63, 3.8) is 0 Å². The molecule has 3 atom stereocenters. The van der Waals surface area contributed by atoms with E-state index in [1.54, 1.807) is 0 Å². The molecule has 0 radical (unpaired) electrons. The van der Waals surface area contributed by atoms with Crippen LogP contribution in [0.3, 0.4) is 0 Å². The minimum Gasteiger partial charge on any atom is -0.505 e. The first-order chi connectivity index (χ1) is 20.1. The largest absolute Gasteiger partial charge is 0.505 e. The van der Waals surface area contributed by atoms with Gasteiger partial charge in [0, 0.05) is 18.5 Å². The minimum atomic E-state index is -1.15. The van der Waals surface area contributed by atoms with E-state index < -0.39 is 54.5 Å². The maximum atomic E-state index is 13.6. The van der Waals surface area contributed by atoms with Crippen LogP contribution in [0.15, 0.2) is 42.5 Å². The van der Waals surface area contributed by atoms with E-state index in [2.05, 4.69) is 10.6 Å². The molecule has 42 heavy (non-hydrogen) atoms. The number of hydrogen-bond donors (Lipinski definition) is 3. The Morgan fingerprint density at radius 2 is 1.76 bits per heavy atom. The highest BCUT2D eigenvalue weighted by molar-refractivity contribution is 6.37. The number of benzene rings is 2. The Morgan fingerprint density at radius 1 is 1.07 bits per heavy atom. The van der Waals surface area contributed by atoms with Crippen molar-refractivity contribution in [2.45, 2.75) is 57.6 Å². The highest BCUT2D eigenvalue weighted by atomic mass is 35.5. The third kappa shape index (κ3) is 7.50. The molecular weight excluding hydrogens is 591 g/mol. The molecule has 2 fully saturated rings. The summed E-state index contributed by atoms with van der Waals surface area (Å²) in [5.74, 6) is -3.38. The first kappa shape index (κ1) is 31.1. The number of aromatic hydroxyl groups is 1. The molecule has 0 aliphatic carbocycles. The Labute approximate surface area is 251 Å². The lowest BCUT2D eigenvalue weighted by Gasteiger charge is -2.34. The van der Waals surface area contributed by atoms with Crippen LogP contribution in [0.2, 0.25) is 10.0 Å². The second-order valence-corrected chi connectivity index (χ2v) is 10.6. The molecule has 2 aliphatic rings. The van der Waals surface area contributed by atoms with Gasteiger partial charge in [-0.25, -0.2) is 5.01 Å². The Kier molecular flexibility index (Phi) is 10.3. The molecular formula is C28H30Cl2N4O8. The Bertz CT molecular complexity index is 1340. The maximum absolute atomic E-state index is 13.6. The number of phenols is 1. The van der Waals surface area contributed by atoms with Crippen LogP contribution < -0.4 is 10.6 Å². The summed E-state index contributed by atoms with van der Waals surface area (Å²) in [6, 6.07) is 9.64. The van der Waals surface area contributed by atoms with Crippen LogP contribution in [0.25, 0.3) is 0 Å². The minimum absolute atomic E-state index is 0.00618. The molecule has 3 N–H and O–H groups in total. The summed E-state index contributed by atoms with van der Waals surface area (Å²) in [4.78, 5) is 64.7. The molecule has 2 aromatic rings. The SMILES string of the molecule is CCCN1C(=O)CC[C@H](NC(=O)c2cc(Cl)c(O)c(Cl)c2)C(=O)N1CC(=O)N[C@@H]1CC(=O)O[C@@H]1OCc1ccccc1. The predicted molar refractivity (Wildman–Crippen MR) is 150 cm³/mol. The number of esters is 1. The molecule has 2 saturated heterocycles. The molecule has 2 heterocycles. The maximum Gasteiger partial charge on any atom is 0.310 e. The standard InChI is InChI=1S/C28H30Cl2N4O8/c1-2-10-33-23(36)9-8-20(32-26(39)17-11-18(29)25(38)19(30)12-17)27(40)34(33)14-22(35)31-21-13-24(37)42-28(21)41-15-16-6-4-3-5-7-16/h3-7,11-12,20-21,28,38H,2,8-10,13-15H2,1H3,(H,31,35)(H,32,39)/t20-,21+,28-/m0/s1. The molecule has 0 saturated carbocycles. The molecule has 2 aliphatic heterocycles. The van der Waals surface area contributed by atoms with E-state index in [9.17, 15) is 29.1 Å². The monoisotopic (exact) mass is 620 g/mol. The van der Waals surface area contributed by atoms with Crippen LogP contribution in [0, 0.1) is 0 Å². The van der Waals surface area contributed by atoms with Gasteiger partial charge < -0.3 is 25.2 Å². The van der Waals surface area contributed by atoms with Crippen molar-refractivity contribution >= 4 is 52.8 Å². The van der Waals surface area contributed by atoms with Crippen molar-refractivity contribution in [1.82, 2.24) is 20.7 Å². The summed E-state index contributed by atoms with van der Waals surface area (Å²) in [5, 5.41) is 16.9. The average Bonchev–Trinajstić information content (AvgIpc) is 3.27. The lowest BCUT2D eigenvalue weighted by atomic mass is 10.1. The van der Waals surface area contributed by atoms with Gasteiger partial charge in [0.25, 0.3) is 11.8 Å². The summed E-state index contributed by atoms with van der Waals surface area (Å²) >= 11 is 11.9. The summed E-state index contributed by atoms with van der Waals surface area (Å²) in [6.45, 7) is 1.57. The number of phenolic OH excluding ortho intramolecular Hbond substituents is 1. The first-order valence-electron chi connectivity index (χ1n) is 13.3. The predicted octanol–water partition coefficient (Wildman–Crippen LogP) is 2.55. The number of rotatable bonds is 10. The number of hydrazine groups is 1. The molecule has 2 aromatic carbocycles. The topological polar surface area (TPSA) is 155 Å². The van der Waals surface area contributed by atoms with Gasteiger partial charge in [0.2, 0.25) is 18.1 Å². The second kappa shape index (κ2) is 13.9. The number of nitrogens with one attached hydrogen (secondary N) is 2. The van der Waals surface area contributed by atoms with Crippen LogP contribution in [-0.4, -0.2) is 76.2 Å². The number of nitrogens with zero attached hydrogens (tertiary/aromatic N) is 2. The molecule has 0 aromatic heterocycles. The summed E-state index contributed by atoms with van der Waals surface area (Å²) in [5.41, 5.74) is 0.840. The van der Waals surface area contributed by atoms with Gasteiger partial charge in [0.1, 0.15) is 18.6 Å². The van der Waals surface area contributed by atoms with Gasteiger partial charge in [-0.3, -0.25) is 29.0 Å². The fourth-order valence-corrected chi connectivity index (χ4v) is 5.08. The number of carbonyl (C=O) groups is 5. The molecule has 0 unspecified atom stereocenters. The highest BCUT2D eigenvalue weighted by Gasteiger charge is 2.40. The quantitative estimate of drug-likeness (QED) is 0.342. The van der Waals surface area contributed by atoms with Crippen molar-refractivity contribution in [3.05, 3.63) is 63.6 Å². The van der Waals surface area contributed by atoms with Crippen molar-refractivity contribution in [2.24, 2.45) is 0 Å². The van der Waals surface area contributed by atoms with Gasteiger partial charge in [-0.1, -0.05) is 60.5 Å². The highest BCUT2D eigenvalue weighted by Crippen LogP contribution is 2.32. The Hall–Kier alpha value is -3.87. The molecule has 224 valence electrons. The third-order valence-corrected chi connectivity index (χ3v) is 7.23. The van der Waals surface area contributed by atoms with Gasteiger partial charge in [0.05, 0.1) is 23.1 Å². The fourth-order valence-electron chi connectivity index (χ4n) is 4.59. The summed E-state index contributed by atoms with van der Waals surface area (Å²) in [7, 11) is 0. The Balaban J connectivity index is 1.46. The number of amides is 4. The van der Waals surface area contributed by atoms with E-state index in [0.717, 1.165) is 10.6 Å². The molecule has 12 nitrogen and oxygen atoms in total. The van der Waals surface area contributed by atoms with Crippen LogP contribution >= 0.6 is 23.2 Å². The lowest BCUT2D eigenvalue weighted by Crippen LogP contribution is -2.57. The molecule has 14 heteroatoms. The first-order valence-corrected chi connectivity index (χ1v) is 14.1. The molecule has 4 rings (SSSR count). The van der Waals surface area contributed by atoms with Gasteiger partial charge in [-0.05, 0) is 30.5 Å². The van der Waals surface area contributed by atoms with Gasteiger partial charge in [-0.2, -0.15) is 0 Å². The van der Waals surface area contributed by atoms with Crippen molar-refractivity contribution in [3.8, 4) is 5.75 Å². The van der Waals surface area contributed by atoms with Crippen LogP contribution in [0.1, 0.15) is 48.5 Å². The van der Waals surface area contributed by atoms with Crippen LogP contribution in [-0.2, 0) is 35.3 Å². The van der Waals surface area contributed by atoms with Gasteiger partial charge in [-0.15, -0.1) is 0 Å². The number of halogens is 2. The van der Waals surface area contributed by atoms with E-state index in [1.807, 2.05) is 37.3 Å². The van der Waals surface area contributed by atoms with Crippen LogP contribution in [0.5, 0.6) is 5.75 Å². The van der Waals surface area contributed by atoms with Crippen molar-refractivity contribution in [1.29, 1.82) is 0 Å². The number of hydrogen-bond acceptors (Lipinski definition) is 8. The van der Waals surface area contributed by atoms with Crippen LogP contribution in [0.4, 0.5) is 0 Å². The van der Waals surface area contributed by atoms with Gasteiger partial charge in [0.15, 0.2) is 5.75 Å². The van der Waals surface area contributed by atoms with E-state index in [1.165, 1.54) is 17.1 Å². The molecule has 0 bridgehead atoms. The van der Waals surface area contributed by atoms with Crippen molar-refractivity contribution in [2.75, 3.05) is 13.1 Å². The van der Waals surface area contributed by atoms with Gasteiger partial charge >= 0.3 is 5.97 Å². The number of carbonyl (C=O) groups excluding carboxylic acids is 5. The average molecular weight is 621 g/mol. The number of cyclic esters (lactones) is 1. The van der Waals surface area contributed by atoms with E-state index in [0.29, 0.717) is 6.42 Å². The fraction of sp³-hybridized carbons (Fsp3) is 0.393. The van der Waals surface area contributed by atoms with E-state index in [4.69, 9.17) is 32.7 Å². The third-order valence-electron chi connectivity index (χ3n) is 6.66. The summed E-state index contributed by atoms with van der Waals surface area (Å²) in [6.07, 6.45) is -0.744. The smallest absolute Gasteiger partial charge is 0.310 e. The lowest BCUT2D eigenvalue weighted by molar-refractivity contribution is -0.169.